The maximum atomic E-state index is 15.3. The number of carbonyl (C=O) groups excluding carboxylic acids is 1. The largest absolute Gasteiger partial charge is 0.403 e. The molecule has 0 unspecified atom stereocenters. The average Bonchev–Trinajstić information content (AvgIpc) is 3.57. The average molecular weight is 564 g/mol. The van der Waals surface area contributed by atoms with Gasteiger partial charge in [0.05, 0.1) is 15.7 Å². The summed E-state index contributed by atoms with van der Waals surface area (Å²) in [7, 11) is 0. The van der Waals surface area contributed by atoms with E-state index in [4.69, 9.17) is 5.73 Å². The van der Waals surface area contributed by atoms with Gasteiger partial charge in [-0.05, 0) is 62.2 Å². The number of nitrogens with one attached hydrogen (secondary N) is 1. The zero-order valence-electron chi connectivity index (χ0n) is 21.5. The van der Waals surface area contributed by atoms with Crippen LogP contribution in [0.4, 0.5) is 4.39 Å². The van der Waals surface area contributed by atoms with Crippen LogP contribution >= 0.6 is 23.1 Å². The first-order chi connectivity index (χ1) is 19.0. The molecule has 5 rings (SSSR count). The van der Waals surface area contributed by atoms with E-state index in [9.17, 15) is 9.59 Å². The number of pyridine rings is 1. The summed E-state index contributed by atoms with van der Waals surface area (Å²) in [6.45, 7) is 7.22. The summed E-state index contributed by atoms with van der Waals surface area (Å²) in [4.78, 5) is 34.4. The first-order valence-corrected chi connectivity index (χ1v) is 14.7. The molecular weight excluding hydrogens is 533 g/mol. The smallest absolute Gasteiger partial charge is 0.258 e. The van der Waals surface area contributed by atoms with Crippen molar-refractivity contribution in [2.45, 2.75) is 24.2 Å². The Bertz CT molecular complexity index is 1670. The maximum Gasteiger partial charge on any atom is 0.258 e. The summed E-state index contributed by atoms with van der Waals surface area (Å²) in [6.07, 6.45) is 7.38. The molecule has 1 aliphatic heterocycles. The van der Waals surface area contributed by atoms with Gasteiger partial charge in [-0.25, -0.2) is 4.39 Å². The van der Waals surface area contributed by atoms with Gasteiger partial charge >= 0.3 is 0 Å². The first-order valence-electron chi connectivity index (χ1n) is 12.9. The molecule has 39 heavy (non-hydrogen) atoms. The van der Waals surface area contributed by atoms with Crippen molar-refractivity contribution >= 4 is 61.2 Å². The fourth-order valence-corrected chi connectivity index (χ4v) is 6.99. The number of thioether (sulfide) groups is 1. The number of halogens is 1. The highest BCUT2D eigenvalue weighted by Gasteiger charge is 2.23. The quantitative estimate of drug-likeness (QED) is 0.205. The molecular formula is C29H30FN5O2S2. The van der Waals surface area contributed by atoms with Crippen molar-refractivity contribution in [2.24, 2.45) is 10.7 Å². The second-order valence-electron chi connectivity index (χ2n) is 9.40. The molecule has 3 heterocycles. The molecule has 7 nitrogen and oxygen atoms in total. The number of benzene rings is 2. The number of aliphatic imine (C=N–C) groups is 1. The highest BCUT2D eigenvalue weighted by molar-refractivity contribution is 7.99. The lowest BCUT2D eigenvalue weighted by Gasteiger charge is -2.15. The summed E-state index contributed by atoms with van der Waals surface area (Å²) in [5.74, 6) is -0.331. The highest BCUT2D eigenvalue weighted by atomic mass is 32.2. The van der Waals surface area contributed by atoms with Crippen LogP contribution in [0.1, 0.15) is 29.6 Å². The van der Waals surface area contributed by atoms with Crippen molar-refractivity contribution in [3.63, 3.8) is 0 Å². The number of amides is 1. The third-order valence-electron chi connectivity index (χ3n) is 6.74. The van der Waals surface area contributed by atoms with E-state index < -0.39 is 17.2 Å². The van der Waals surface area contributed by atoms with Gasteiger partial charge < -0.3 is 16.0 Å². The van der Waals surface area contributed by atoms with Crippen LogP contribution < -0.4 is 16.5 Å². The second kappa shape index (κ2) is 12.1. The maximum absolute atomic E-state index is 15.3. The fourth-order valence-electron chi connectivity index (χ4n) is 4.82. The molecule has 10 heteroatoms. The van der Waals surface area contributed by atoms with Gasteiger partial charge in [0, 0.05) is 47.7 Å². The fraction of sp³-hybridized carbons (Fsp3) is 0.276. The van der Waals surface area contributed by atoms with Crippen LogP contribution in [0.5, 0.6) is 0 Å². The minimum Gasteiger partial charge on any atom is -0.403 e. The van der Waals surface area contributed by atoms with Gasteiger partial charge in [-0.2, -0.15) is 0 Å². The van der Waals surface area contributed by atoms with E-state index in [0.717, 1.165) is 35.4 Å². The number of fused-ring (bicyclic) bond motifs is 5. The van der Waals surface area contributed by atoms with Crippen LogP contribution in [0.15, 0.2) is 75.6 Å². The molecule has 202 valence electrons. The molecule has 0 saturated carbocycles. The number of aromatic nitrogens is 1. The SMILES string of the molecule is C=C(C=N/C=C\N)CCSc1cc2c(cc1F)c(=O)c(C(=O)NCCN1CCCC1)c1sc3ccccc3n12. The van der Waals surface area contributed by atoms with E-state index in [2.05, 4.69) is 21.8 Å². The molecule has 0 aliphatic carbocycles. The van der Waals surface area contributed by atoms with Crippen LogP contribution in [0, 0.1) is 5.82 Å². The van der Waals surface area contributed by atoms with Gasteiger partial charge in [0.15, 0.2) is 0 Å². The molecule has 0 atom stereocenters. The Balaban J connectivity index is 1.51. The van der Waals surface area contributed by atoms with Crippen LogP contribution in [0.25, 0.3) is 25.9 Å². The number of thiazole rings is 1. The normalized spacial score (nSPS) is 14.5. The second-order valence-corrected chi connectivity index (χ2v) is 11.6. The van der Waals surface area contributed by atoms with Crippen molar-refractivity contribution in [1.82, 2.24) is 14.6 Å². The van der Waals surface area contributed by atoms with E-state index in [1.165, 1.54) is 54.4 Å². The molecule has 0 spiro atoms. The zero-order chi connectivity index (χ0) is 27.4. The third kappa shape index (κ3) is 5.78. The Kier molecular flexibility index (Phi) is 8.44. The van der Waals surface area contributed by atoms with Gasteiger partial charge in [-0.15, -0.1) is 23.1 Å². The van der Waals surface area contributed by atoms with Crippen molar-refractivity contribution < 1.29 is 9.18 Å². The molecule has 1 amide bonds. The van der Waals surface area contributed by atoms with E-state index in [1.54, 1.807) is 12.3 Å². The Morgan fingerprint density at radius 2 is 2.03 bits per heavy atom. The molecule has 2 aromatic heterocycles. The monoisotopic (exact) mass is 563 g/mol. The van der Waals surface area contributed by atoms with Crippen molar-refractivity contribution in [3.05, 3.63) is 82.6 Å². The minimum absolute atomic E-state index is 0.0621. The predicted molar refractivity (Wildman–Crippen MR) is 161 cm³/mol. The zero-order valence-corrected chi connectivity index (χ0v) is 23.1. The number of likely N-dealkylation sites (tertiary alicyclic amines) is 1. The van der Waals surface area contributed by atoms with Crippen LogP contribution in [0.2, 0.25) is 0 Å². The lowest BCUT2D eigenvalue weighted by atomic mass is 10.1. The van der Waals surface area contributed by atoms with Crippen LogP contribution in [0.3, 0.4) is 0 Å². The molecule has 1 aliphatic rings. The third-order valence-corrected chi connectivity index (χ3v) is 8.92. The Hall–Kier alpha value is -3.47. The summed E-state index contributed by atoms with van der Waals surface area (Å²) in [6, 6.07) is 10.7. The van der Waals surface area contributed by atoms with E-state index in [0.29, 0.717) is 34.0 Å². The molecule has 3 N–H and O–H groups in total. The number of hydrogen-bond donors (Lipinski definition) is 2. The Morgan fingerprint density at radius 3 is 2.82 bits per heavy atom. The number of nitrogens with zero attached hydrogens (tertiary/aromatic N) is 3. The van der Waals surface area contributed by atoms with E-state index >= 15 is 4.39 Å². The lowest BCUT2D eigenvalue weighted by molar-refractivity contribution is 0.0950. The summed E-state index contributed by atoms with van der Waals surface area (Å²) in [5, 5.41) is 3.12. The summed E-state index contributed by atoms with van der Waals surface area (Å²) >= 11 is 2.75. The molecule has 0 radical (unpaired) electrons. The summed E-state index contributed by atoms with van der Waals surface area (Å²) in [5.41, 5.74) is 7.14. The standard InChI is InChI=1S/C29H30FN5O2S2/c1-19(18-32-10-9-31)8-15-38-25-17-23-20(16-21(25)30)27(36)26(28(37)33-11-14-34-12-4-5-13-34)29-35(23)22-6-2-3-7-24(22)39-29/h2-3,6-7,9-10,16-18H,1,4-5,8,11-15,31H2,(H,33,37)/b10-9-,32-18?. The van der Waals surface area contributed by atoms with Crippen LogP contribution in [-0.2, 0) is 0 Å². The highest BCUT2D eigenvalue weighted by Crippen LogP contribution is 2.34. The number of para-hydroxylation sites is 1. The van der Waals surface area contributed by atoms with Gasteiger partial charge in [-0.3, -0.25) is 19.0 Å². The lowest BCUT2D eigenvalue weighted by Crippen LogP contribution is -2.35. The number of rotatable bonds is 10. The van der Waals surface area contributed by atoms with E-state index in [-0.39, 0.29) is 10.9 Å². The number of allylic oxidation sites excluding steroid dienone is 1. The molecule has 1 saturated heterocycles. The van der Waals surface area contributed by atoms with Gasteiger partial charge in [0.2, 0.25) is 5.43 Å². The van der Waals surface area contributed by atoms with Crippen molar-refractivity contribution in [1.29, 1.82) is 0 Å². The topological polar surface area (TPSA) is 92.2 Å². The number of nitrogens with two attached hydrogens (primary N) is 1. The Labute approximate surface area is 233 Å². The first kappa shape index (κ1) is 27.1. The van der Waals surface area contributed by atoms with Crippen LogP contribution in [-0.4, -0.2) is 53.4 Å². The molecule has 1 fully saturated rings. The van der Waals surface area contributed by atoms with Gasteiger partial charge in [-0.1, -0.05) is 18.7 Å². The van der Waals surface area contributed by atoms with Crippen molar-refractivity contribution in [2.75, 3.05) is 31.9 Å². The number of carbonyl (C=O) groups is 1. The predicted octanol–water partition coefficient (Wildman–Crippen LogP) is 5.17. The van der Waals surface area contributed by atoms with E-state index in [1.807, 2.05) is 28.7 Å². The molecule has 2 aromatic carbocycles. The number of hydrogen-bond acceptors (Lipinski definition) is 7. The van der Waals surface area contributed by atoms with Crippen molar-refractivity contribution in [3.8, 4) is 0 Å². The van der Waals surface area contributed by atoms with Gasteiger partial charge in [0.25, 0.3) is 5.91 Å². The molecule has 4 aromatic rings. The minimum atomic E-state index is -0.491. The Morgan fingerprint density at radius 1 is 1.23 bits per heavy atom. The molecule has 0 bridgehead atoms. The summed E-state index contributed by atoms with van der Waals surface area (Å²) < 4.78 is 18.1. The van der Waals surface area contributed by atoms with Gasteiger partial charge in [0.1, 0.15) is 16.2 Å².